The number of anilines is 1. The summed E-state index contributed by atoms with van der Waals surface area (Å²) < 4.78 is 0. The maximum absolute atomic E-state index is 12.1. The lowest BCUT2D eigenvalue weighted by atomic mass is 9.97. The fourth-order valence-corrected chi connectivity index (χ4v) is 2.79. The Kier molecular flexibility index (Phi) is 2.08. The van der Waals surface area contributed by atoms with Gasteiger partial charge in [-0.15, -0.1) is 0 Å². The Morgan fingerprint density at radius 3 is 2.71 bits per heavy atom. The van der Waals surface area contributed by atoms with E-state index in [2.05, 4.69) is 16.7 Å². The van der Waals surface area contributed by atoms with E-state index < -0.39 is 0 Å². The summed E-state index contributed by atoms with van der Waals surface area (Å²) in [5.41, 5.74) is 1.42. The van der Waals surface area contributed by atoms with Gasteiger partial charge in [-0.1, -0.05) is 6.07 Å². The predicted octanol–water partition coefficient (Wildman–Crippen LogP) is 1.98. The van der Waals surface area contributed by atoms with Crippen molar-refractivity contribution in [2.24, 2.45) is 0 Å². The number of nitrogens with zero attached hydrogens (tertiary/aromatic N) is 1. The van der Waals surface area contributed by atoms with Crippen LogP contribution in [0.5, 0.6) is 0 Å². The molecule has 3 rings (SSSR count). The van der Waals surface area contributed by atoms with Crippen molar-refractivity contribution in [2.45, 2.75) is 31.3 Å². The van der Waals surface area contributed by atoms with E-state index in [9.17, 15) is 4.79 Å². The molecular weight excluding hydrogens is 214 g/mol. The van der Waals surface area contributed by atoms with E-state index in [0.717, 1.165) is 31.4 Å². The van der Waals surface area contributed by atoms with Gasteiger partial charge in [-0.05, 0) is 37.8 Å². The first-order valence-corrected chi connectivity index (χ1v) is 5.88. The number of nitrogens with one attached hydrogen (secondary N) is 2. The minimum absolute atomic E-state index is 0.127. The second-order valence-electron chi connectivity index (χ2n) is 4.71. The summed E-state index contributed by atoms with van der Waals surface area (Å²) in [7, 11) is 0. The van der Waals surface area contributed by atoms with Gasteiger partial charge in [0.1, 0.15) is 11.7 Å². The van der Waals surface area contributed by atoms with Crippen LogP contribution in [-0.4, -0.2) is 11.6 Å². The molecule has 0 radical (unpaired) electrons. The van der Waals surface area contributed by atoms with Crippen LogP contribution >= 0.6 is 0 Å². The van der Waals surface area contributed by atoms with Gasteiger partial charge in [-0.2, -0.15) is 5.26 Å². The molecule has 0 bridgehead atoms. The molecule has 1 aromatic carbocycles. The number of hydrogen-bond acceptors (Lipinski definition) is 3. The number of fused-ring (bicyclic) bond motifs is 1. The van der Waals surface area contributed by atoms with Gasteiger partial charge in [0, 0.05) is 0 Å². The SMILES string of the molecule is N#Cc1cccc2c1C(=O)NC1(CCCC1)N2. The molecule has 2 N–H and O–H groups in total. The Morgan fingerprint density at radius 2 is 2.00 bits per heavy atom. The van der Waals surface area contributed by atoms with E-state index in [1.54, 1.807) is 6.07 Å². The van der Waals surface area contributed by atoms with Gasteiger partial charge < -0.3 is 10.6 Å². The highest BCUT2D eigenvalue weighted by Crippen LogP contribution is 2.36. The van der Waals surface area contributed by atoms with Gasteiger partial charge in [0.25, 0.3) is 5.91 Å². The zero-order valence-electron chi connectivity index (χ0n) is 9.42. The quantitative estimate of drug-likeness (QED) is 0.712. The molecule has 1 saturated carbocycles. The minimum Gasteiger partial charge on any atom is -0.362 e. The molecule has 1 heterocycles. The number of carbonyl (C=O) groups excluding carboxylic acids is 1. The second kappa shape index (κ2) is 3.49. The van der Waals surface area contributed by atoms with Crippen LogP contribution in [0.1, 0.15) is 41.6 Å². The zero-order chi connectivity index (χ0) is 11.9. The monoisotopic (exact) mass is 227 g/mol. The van der Waals surface area contributed by atoms with Gasteiger partial charge in [0.2, 0.25) is 0 Å². The molecule has 4 nitrogen and oxygen atoms in total. The Bertz CT molecular complexity index is 524. The number of benzene rings is 1. The summed E-state index contributed by atoms with van der Waals surface area (Å²) >= 11 is 0. The Morgan fingerprint density at radius 1 is 1.24 bits per heavy atom. The lowest BCUT2D eigenvalue weighted by Crippen LogP contribution is -2.55. The molecule has 1 spiro atoms. The van der Waals surface area contributed by atoms with Crippen molar-refractivity contribution in [3.05, 3.63) is 29.3 Å². The van der Waals surface area contributed by atoms with Gasteiger partial charge in [0.05, 0.1) is 16.8 Å². The zero-order valence-corrected chi connectivity index (χ0v) is 9.42. The van der Waals surface area contributed by atoms with Crippen molar-refractivity contribution in [1.29, 1.82) is 5.26 Å². The summed E-state index contributed by atoms with van der Waals surface area (Å²) in [6.07, 6.45) is 4.16. The smallest absolute Gasteiger partial charge is 0.256 e. The molecule has 1 amide bonds. The third kappa shape index (κ3) is 1.47. The molecule has 2 aliphatic rings. The highest BCUT2D eigenvalue weighted by molar-refractivity contribution is 6.04. The second-order valence-corrected chi connectivity index (χ2v) is 4.71. The van der Waals surface area contributed by atoms with Crippen molar-refractivity contribution in [3.63, 3.8) is 0 Å². The fraction of sp³-hybridized carbons (Fsp3) is 0.385. The summed E-state index contributed by atoms with van der Waals surface area (Å²) in [4.78, 5) is 12.1. The molecule has 1 aliphatic heterocycles. The maximum atomic E-state index is 12.1. The van der Waals surface area contributed by atoms with E-state index in [0.29, 0.717) is 11.1 Å². The van der Waals surface area contributed by atoms with Crippen molar-refractivity contribution in [1.82, 2.24) is 5.32 Å². The van der Waals surface area contributed by atoms with Crippen LogP contribution in [0.3, 0.4) is 0 Å². The summed E-state index contributed by atoms with van der Waals surface area (Å²) in [6.45, 7) is 0. The van der Waals surface area contributed by atoms with Crippen molar-refractivity contribution in [3.8, 4) is 6.07 Å². The Hall–Kier alpha value is -2.02. The predicted molar refractivity (Wildman–Crippen MR) is 63.4 cm³/mol. The molecule has 0 unspecified atom stereocenters. The van der Waals surface area contributed by atoms with Crippen LogP contribution in [0.2, 0.25) is 0 Å². The average Bonchev–Trinajstić information content (AvgIpc) is 2.76. The Labute approximate surface area is 99.6 Å². The Balaban J connectivity index is 2.09. The first kappa shape index (κ1) is 10.2. The molecule has 1 aliphatic carbocycles. The first-order valence-electron chi connectivity index (χ1n) is 5.88. The number of hydrogen-bond donors (Lipinski definition) is 2. The topological polar surface area (TPSA) is 64.9 Å². The van der Waals surface area contributed by atoms with Crippen LogP contribution in [0.15, 0.2) is 18.2 Å². The van der Waals surface area contributed by atoms with E-state index in [-0.39, 0.29) is 11.6 Å². The third-order valence-corrected chi connectivity index (χ3v) is 3.60. The van der Waals surface area contributed by atoms with Crippen LogP contribution < -0.4 is 10.6 Å². The highest BCUT2D eigenvalue weighted by atomic mass is 16.2. The lowest BCUT2D eigenvalue weighted by molar-refractivity contribution is 0.0902. The van der Waals surface area contributed by atoms with Gasteiger partial charge in [-0.25, -0.2) is 0 Å². The first-order chi connectivity index (χ1) is 8.24. The van der Waals surface area contributed by atoms with Crippen molar-refractivity contribution >= 4 is 11.6 Å². The highest BCUT2D eigenvalue weighted by Gasteiger charge is 2.40. The molecule has 86 valence electrons. The largest absolute Gasteiger partial charge is 0.362 e. The summed E-state index contributed by atoms with van der Waals surface area (Å²) in [5.74, 6) is -0.127. The van der Waals surface area contributed by atoms with Gasteiger partial charge >= 0.3 is 0 Å². The van der Waals surface area contributed by atoms with E-state index in [4.69, 9.17) is 5.26 Å². The number of amides is 1. The number of rotatable bonds is 0. The number of nitriles is 1. The molecule has 17 heavy (non-hydrogen) atoms. The van der Waals surface area contributed by atoms with Crippen LogP contribution in [0.25, 0.3) is 0 Å². The number of carbonyl (C=O) groups is 1. The molecule has 0 aromatic heterocycles. The molecular formula is C13H13N3O. The van der Waals surface area contributed by atoms with Gasteiger partial charge in [-0.3, -0.25) is 4.79 Å². The van der Waals surface area contributed by atoms with Gasteiger partial charge in [0.15, 0.2) is 0 Å². The van der Waals surface area contributed by atoms with Crippen LogP contribution in [0, 0.1) is 11.3 Å². The molecule has 0 atom stereocenters. The average molecular weight is 227 g/mol. The van der Waals surface area contributed by atoms with Crippen LogP contribution in [-0.2, 0) is 0 Å². The molecule has 1 aromatic rings. The standard InChI is InChI=1S/C13H13N3O/c14-8-9-4-3-5-10-11(9)12(17)16-13(15-10)6-1-2-7-13/h3-5,15H,1-2,6-7H2,(H,16,17). The third-order valence-electron chi connectivity index (χ3n) is 3.60. The lowest BCUT2D eigenvalue weighted by Gasteiger charge is -2.37. The normalized spacial score (nSPS) is 20.3. The molecule has 1 fully saturated rings. The summed E-state index contributed by atoms with van der Waals surface area (Å²) in [6, 6.07) is 7.42. The van der Waals surface area contributed by atoms with Crippen LogP contribution in [0.4, 0.5) is 5.69 Å². The van der Waals surface area contributed by atoms with Crippen molar-refractivity contribution in [2.75, 3.05) is 5.32 Å². The van der Waals surface area contributed by atoms with E-state index in [1.165, 1.54) is 0 Å². The summed E-state index contributed by atoms with van der Waals surface area (Å²) in [5, 5.41) is 15.4. The maximum Gasteiger partial charge on any atom is 0.256 e. The van der Waals surface area contributed by atoms with E-state index >= 15 is 0 Å². The van der Waals surface area contributed by atoms with Crippen molar-refractivity contribution < 1.29 is 4.79 Å². The molecule has 4 heteroatoms. The molecule has 0 saturated heterocycles. The fourth-order valence-electron chi connectivity index (χ4n) is 2.79. The minimum atomic E-state index is -0.280. The van der Waals surface area contributed by atoms with E-state index in [1.807, 2.05) is 12.1 Å².